The molecule has 3 aromatic rings. The monoisotopic (exact) mass is 418 g/mol. The zero-order chi connectivity index (χ0) is 21.3. The van der Waals surface area contributed by atoms with E-state index in [1.54, 1.807) is 0 Å². The van der Waals surface area contributed by atoms with Crippen LogP contribution in [0.4, 0.5) is 0 Å². The Hall–Kier alpha value is -2.14. The Balaban J connectivity index is 1.22. The predicted molar refractivity (Wildman–Crippen MR) is 127 cm³/mol. The van der Waals surface area contributed by atoms with Gasteiger partial charge in [0.2, 0.25) is 0 Å². The second-order valence-electron chi connectivity index (χ2n) is 9.92. The summed E-state index contributed by atoms with van der Waals surface area (Å²) in [6, 6.07) is 19.6. The standard InChI is InChI=1S/C27H36N3O/c1-30(21-22-9-3-2-4-10-22)17-15-28(16-18-30)19-23(31)20-29-26-13-7-5-11-24(26)25-12-6-8-14-27(25)29/h2-5,7,9-11,13,23,31H,6,8,12,14-21H2,1H3/q+1. The first kappa shape index (κ1) is 20.7. The van der Waals surface area contributed by atoms with Crippen LogP contribution in [0.25, 0.3) is 10.9 Å². The second-order valence-corrected chi connectivity index (χ2v) is 9.92. The van der Waals surface area contributed by atoms with Crippen molar-refractivity contribution in [3.8, 4) is 0 Å². The lowest BCUT2D eigenvalue weighted by atomic mass is 9.95. The molecule has 1 unspecified atom stereocenters. The van der Waals surface area contributed by atoms with E-state index in [4.69, 9.17) is 0 Å². The van der Waals surface area contributed by atoms with Gasteiger partial charge in [-0.1, -0.05) is 48.5 Å². The highest BCUT2D eigenvalue weighted by Gasteiger charge is 2.30. The molecule has 1 fully saturated rings. The van der Waals surface area contributed by atoms with E-state index in [-0.39, 0.29) is 6.10 Å². The van der Waals surface area contributed by atoms with Crippen molar-refractivity contribution in [1.82, 2.24) is 9.47 Å². The molecule has 1 saturated heterocycles. The molecule has 0 bridgehead atoms. The lowest BCUT2D eigenvalue weighted by molar-refractivity contribution is -0.926. The number of likely N-dealkylation sites (N-methyl/N-ethyl adjacent to an activating group) is 1. The molecule has 31 heavy (non-hydrogen) atoms. The van der Waals surface area contributed by atoms with Gasteiger partial charge in [-0.05, 0) is 37.3 Å². The highest BCUT2D eigenvalue weighted by molar-refractivity contribution is 5.85. The van der Waals surface area contributed by atoms with E-state index in [9.17, 15) is 5.11 Å². The number of β-amino-alcohol motifs (C(OH)–C–C–N with tert-alkyl or cyclic N) is 1. The topological polar surface area (TPSA) is 28.4 Å². The summed E-state index contributed by atoms with van der Waals surface area (Å²) < 4.78 is 3.51. The van der Waals surface area contributed by atoms with E-state index < -0.39 is 0 Å². The van der Waals surface area contributed by atoms with Gasteiger partial charge in [0.25, 0.3) is 0 Å². The van der Waals surface area contributed by atoms with Crippen LogP contribution in [-0.4, -0.2) is 64.9 Å². The quantitative estimate of drug-likeness (QED) is 0.616. The van der Waals surface area contributed by atoms with Crippen molar-refractivity contribution in [2.75, 3.05) is 39.8 Å². The highest BCUT2D eigenvalue weighted by atomic mass is 16.3. The van der Waals surface area contributed by atoms with Gasteiger partial charge in [-0.25, -0.2) is 0 Å². The van der Waals surface area contributed by atoms with E-state index in [0.717, 1.165) is 50.2 Å². The largest absolute Gasteiger partial charge is 0.390 e. The number of aromatic nitrogens is 1. The first-order chi connectivity index (χ1) is 15.1. The molecule has 0 saturated carbocycles. The van der Waals surface area contributed by atoms with Crippen molar-refractivity contribution >= 4 is 10.9 Å². The molecule has 4 nitrogen and oxygen atoms in total. The number of para-hydroxylation sites is 1. The third-order valence-electron chi connectivity index (χ3n) is 7.47. The van der Waals surface area contributed by atoms with Gasteiger partial charge < -0.3 is 14.2 Å². The summed E-state index contributed by atoms with van der Waals surface area (Å²) in [4.78, 5) is 2.47. The van der Waals surface area contributed by atoms with Gasteiger partial charge in [0, 0.05) is 41.8 Å². The fourth-order valence-electron chi connectivity index (χ4n) is 5.72. The summed E-state index contributed by atoms with van der Waals surface area (Å²) in [6.07, 6.45) is 4.56. The Bertz CT molecular complexity index is 1020. The Labute approximate surface area is 186 Å². The normalized spacial score (nSPS) is 19.9. The molecule has 5 rings (SSSR count). The third-order valence-corrected chi connectivity index (χ3v) is 7.47. The predicted octanol–water partition coefficient (Wildman–Crippen LogP) is 3.84. The molecule has 1 aliphatic carbocycles. The first-order valence-corrected chi connectivity index (χ1v) is 12.0. The van der Waals surface area contributed by atoms with Crippen molar-refractivity contribution in [2.24, 2.45) is 0 Å². The van der Waals surface area contributed by atoms with Gasteiger partial charge in [0.05, 0.1) is 32.8 Å². The van der Waals surface area contributed by atoms with Crippen molar-refractivity contribution < 1.29 is 9.59 Å². The molecule has 2 aromatic carbocycles. The SMILES string of the molecule is C[N+]1(Cc2ccccc2)CCN(CC(O)Cn2c3c(c4ccccc42)CCCC3)CC1. The summed E-state index contributed by atoms with van der Waals surface area (Å²) in [6.45, 7) is 6.98. The number of piperazine rings is 1. The van der Waals surface area contributed by atoms with Gasteiger partial charge in [-0.3, -0.25) is 4.90 Å². The van der Waals surface area contributed by atoms with Crippen LogP contribution in [0.2, 0.25) is 0 Å². The Morgan fingerprint density at radius 2 is 1.61 bits per heavy atom. The summed E-state index contributed by atoms with van der Waals surface area (Å²) in [7, 11) is 2.37. The lowest BCUT2D eigenvalue weighted by Gasteiger charge is -2.42. The van der Waals surface area contributed by atoms with Crippen molar-refractivity contribution in [2.45, 2.75) is 44.9 Å². The van der Waals surface area contributed by atoms with Crippen molar-refractivity contribution in [3.63, 3.8) is 0 Å². The van der Waals surface area contributed by atoms with Crippen LogP contribution in [0.1, 0.15) is 29.7 Å². The summed E-state index contributed by atoms with van der Waals surface area (Å²) in [5.41, 5.74) is 5.72. The van der Waals surface area contributed by atoms with Gasteiger partial charge in [0.15, 0.2) is 0 Å². The number of aryl methyl sites for hydroxylation is 1. The molecule has 1 aliphatic heterocycles. The highest BCUT2D eigenvalue weighted by Crippen LogP contribution is 2.32. The fourth-order valence-corrected chi connectivity index (χ4v) is 5.72. The average Bonchev–Trinajstić information content (AvgIpc) is 3.10. The molecule has 1 N–H and O–H groups in total. The molecule has 164 valence electrons. The zero-order valence-electron chi connectivity index (χ0n) is 18.8. The number of quaternary nitrogens is 1. The number of hydrogen-bond acceptors (Lipinski definition) is 2. The minimum Gasteiger partial charge on any atom is -0.390 e. The minimum absolute atomic E-state index is 0.326. The van der Waals surface area contributed by atoms with E-state index in [2.05, 4.69) is 71.1 Å². The molecule has 2 aliphatic rings. The lowest BCUT2D eigenvalue weighted by Crippen LogP contribution is -2.57. The van der Waals surface area contributed by atoms with Gasteiger partial charge in [0.1, 0.15) is 6.54 Å². The summed E-state index contributed by atoms with van der Waals surface area (Å²) in [5.74, 6) is 0. The maximum absolute atomic E-state index is 11.0. The van der Waals surface area contributed by atoms with E-state index in [1.165, 1.54) is 47.0 Å². The number of rotatable bonds is 6. The zero-order valence-corrected chi connectivity index (χ0v) is 18.8. The molecular formula is C27H36N3O+. The fraction of sp³-hybridized carbons (Fsp3) is 0.481. The van der Waals surface area contributed by atoms with Gasteiger partial charge in [-0.15, -0.1) is 0 Å². The molecule has 1 atom stereocenters. The molecule has 2 heterocycles. The van der Waals surface area contributed by atoms with Gasteiger partial charge in [-0.2, -0.15) is 0 Å². The van der Waals surface area contributed by atoms with Crippen molar-refractivity contribution in [3.05, 3.63) is 71.4 Å². The third kappa shape index (κ3) is 4.43. The maximum atomic E-state index is 11.0. The van der Waals surface area contributed by atoms with Crippen molar-refractivity contribution in [1.29, 1.82) is 0 Å². The maximum Gasteiger partial charge on any atom is 0.104 e. The van der Waals surface area contributed by atoms with E-state index in [1.807, 2.05) is 0 Å². The summed E-state index contributed by atoms with van der Waals surface area (Å²) >= 11 is 0. The molecule has 0 spiro atoms. The number of nitrogens with zero attached hydrogens (tertiary/aromatic N) is 3. The molecule has 0 radical (unpaired) electrons. The van der Waals surface area contributed by atoms with Crippen LogP contribution in [0, 0.1) is 0 Å². The molecule has 0 amide bonds. The smallest absolute Gasteiger partial charge is 0.104 e. The van der Waals surface area contributed by atoms with E-state index >= 15 is 0 Å². The summed E-state index contributed by atoms with van der Waals surface area (Å²) in [5, 5.41) is 12.4. The van der Waals surface area contributed by atoms with Crippen LogP contribution in [0.3, 0.4) is 0 Å². The Morgan fingerprint density at radius 3 is 2.42 bits per heavy atom. The van der Waals surface area contributed by atoms with E-state index in [0.29, 0.717) is 6.54 Å². The average molecular weight is 419 g/mol. The Kier molecular flexibility index (Phi) is 5.87. The van der Waals surface area contributed by atoms with Crippen LogP contribution in [0.5, 0.6) is 0 Å². The van der Waals surface area contributed by atoms with Gasteiger partial charge >= 0.3 is 0 Å². The number of aliphatic hydroxyl groups is 1. The van der Waals surface area contributed by atoms with Crippen LogP contribution < -0.4 is 0 Å². The first-order valence-electron chi connectivity index (χ1n) is 12.0. The number of hydrogen-bond donors (Lipinski definition) is 1. The minimum atomic E-state index is -0.326. The molecule has 1 aromatic heterocycles. The number of fused-ring (bicyclic) bond motifs is 3. The molecular weight excluding hydrogens is 382 g/mol. The number of benzene rings is 2. The number of aliphatic hydroxyl groups excluding tert-OH is 1. The van der Waals surface area contributed by atoms with Crippen LogP contribution >= 0.6 is 0 Å². The molecule has 4 heteroatoms. The second kappa shape index (κ2) is 8.78. The Morgan fingerprint density at radius 1 is 0.903 bits per heavy atom. The van der Waals surface area contributed by atoms with Crippen LogP contribution in [-0.2, 0) is 25.9 Å². The van der Waals surface area contributed by atoms with Crippen LogP contribution in [0.15, 0.2) is 54.6 Å².